The van der Waals surface area contributed by atoms with Crippen molar-refractivity contribution in [1.29, 1.82) is 0 Å². The molecule has 162 valence electrons. The van der Waals surface area contributed by atoms with Crippen molar-refractivity contribution >= 4 is 5.97 Å². The molecular weight excluding hydrogens is 378 g/mol. The number of nitrogens with zero attached hydrogens (tertiary/aromatic N) is 1. The molecule has 0 aromatic heterocycles. The lowest BCUT2D eigenvalue weighted by atomic mass is 10.1. The number of carbonyl (C=O) groups excluding carboxylic acids is 1. The fraction of sp³-hybridized carbons (Fsp3) is 0.480. The highest BCUT2D eigenvalue weighted by Gasteiger charge is 2.23. The van der Waals surface area contributed by atoms with Gasteiger partial charge in [-0.2, -0.15) is 0 Å². The van der Waals surface area contributed by atoms with Crippen molar-refractivity contribution in [3.8, 4) is 11.5 Å². The quantitative estimate of drug-likeness (QED) is 0.612. The molecule has 1 fully saturated rings. The van der Waals surface area contributed by atoms with E-state index in [1.54, 1.807) is 0 Å². The van der Waals surface area contributed by atoms with Crippen molar-refractivity contribution in [2.24, 2.45) is 0 Å². The second-order valence-corrected chi connectivity index (χ2v) is 8.91. The highest BCUT2D eigenvalue weighted by molar-refractivity contribution is 5.70. The Morgan fingerprint density at radius 1 is 1.07 bits per heavy atom. The summed E-state index contributed by atoms with van der Waals surface area (Å²) in [6.45, 7) is 12.8. The molecule has 0 aliphatic carbocycles. The Balaban J connectivity index is 1.54. The van der Waals surface area contributed by atoms with Crippen LogP contribution in [-0.2, 0) is 14.3 Å². The molecule has 30 heavy (non-hydrogen) atoms. The van der Waals surface area contributed by atoms with Gasteiger partial charge in [0.2, 0.25) is 0 Å². The number of esters is 1. The molecule has 0 radical (unpaired) electrons. The van der Waals surface area contributed by atoms with Gasteiger partial charge in [-0.3, -0.25) is 9.69 Å². The summed E-state index contributed by atoms with van der Waals surface area (Å²) >= 11 is 0. The van der Waals surface area contributed by atoms with Gasteiger partial charge in [-0.25, -0.2) is 0 Å². The average Bonchev–Trinajstić information content (AvgIpc) is 2.69. The normalized spacial score (nSPS) is 17.6. The van der Waals surface area contributed by atoms with Crippen LogP contribution in [0.5, 0.6) is 11.5 Å². The first-order chi connectivity index (χ1) is 14.2. The number of aryl methyl sites for hydroxylation is 2. The fourth-order valence-corrected chi connectivity index (χ4v) is 3.41. The zero-order valence-corrected chi connectivity index (χ0v) is 18.7. The van der Waals surface area contributed by atoms with Crippen molar-refractivity contribution in [3.05, 3.63) is 59.2 Å². The number of hydrogen-bond donors (Lipinski definition) is 0. The predicted molar refractivity (Wildman–Crippen MR) is 118 cm³/mol. The van der Waals surface area contributed by atoms with Crippen molar-refractivity contribution in [2.45, 2.75) is 52.7 Å². The van der Waals surface area contributed by atoms with Crippen LogP contribution in [0.2, 0.25) is 0 Å². The van der Waals surface area contributed by atoms with Crippen molar-refractivity contribution < 1.29 is 19.0 Å². The molecule has 3 rings (SSSR count). The molecule has 1 saturated heterocycles. The molecule has 5 nitrogen and oxygen atoms in total. The van der Waals surface area contributed by atoms with E-state index in [1.807, 2.05) is 39.0 Å². The van der Waals surface area contributed by atoms with E-state index in [1.165, 1.54) is 11.1 Å². The first-order valence-electron chi connectivity index (χ1n) is 10.6. The number of carbonyl (C=O) groups is 1. The number of morpholine rings is 1. The summed E-state index contributed by atoms with van der Waals surface area (Å²) in [5, 5.41) is 0. The summed E-state index contributed by atoms with van der Waals surface area (Å²) in [5.41, 5.74) is 3.14. The highest BCUT2D eigenvalue weighted by atomic mass is 16.6. The van der Waals surface area contributed by atoms with Crippen LogP contribution in [0.3, 0.4) is 0 Å². The van der Waals surface area contributed by atoms with Crippen LogP contribution in [0.4, 0.5) is 0 Å². The van der Waals surface area contributed by atoms with Crippen LogP contribution in [0.25, 0.3) is 0 Å². The molecular formula is C25H33NO4. The monoisotopic (exact) mass is 411 g/mol. The Bertz CT molecular complexity index is 854. The average molecular weight is 412 g/mol. The zero-order chi connectivity index (χ0) is 21.7. The molecule has 2 aromatic carbocycles. The van der Waals surface area contributed by atoms with Gasteiger partial charge in [0.05, 0.1) is 19.1 Å². The minimum Gasteiger partial charge on any atom is -0.460 e. The van der Waals surface area contributed by atoms with Crippen LogP contribution < -0.4 is 4.74 Å². The lowest BCUT2D eigenvalue weighted by molar-refractivity contribution is -0.155. The van der Waals surface area contributed by atoms with E-state index in [0.29, 0.717) is 19.6 Å². The van der Waals surface area contributed by atoms with Gasteiger partial charge in [-0.15, -0.1) is 0 Å². The topological polar surface area (TPSA) is 48.0 Å². The fourth-order valence-electron chi connectivity index (χ4n) is 3.41. The second kappa shape index (κ2) is 9.63. The van der Waals surface area contributed by atoms with E-state index in [4.69, 9.17) is 14.2 Å². The third-order valence-corrected chi connectivity index (χ3v) is 5.17. The van der Waals surface area contributed by atoms with Gasteiger partial charge in [0.15, 0.2) is 0 Å². The first kappa shape index (κ1) is 22.3. The van der Waals surface area contributed by atoms with E-state index in [2.05, 4.69) is 43.0 Å². The molecule has 1 heterocycles. The van der Waals surface area contributed by atoms with Gasteiger partial charge < -0.3 is 14.2 Å². The van der Waals surface area contributed by atoms with E-state index < -0.39 is 5.60 Å². The standard InChI is InChI=1S/C25H33NO4/c1-18-6-9-22(16-19(18)2)29-21-10-7-20(8-11-21)23-17-26(14-15-28-23)13-12-24(27)30-25(3,4)5/h6-11,16,23H,12-15,17H2,1-5H3. The third kappa shape index (κ3) is 6.57. The van der Waals surface area contributed by atoms with Crippen molar-refractivity contribution in [3.63, 3.8) is 0 Å². The molecule has 0 amide bonds. The van der Waals surface area contributed by atoms with Crippen molar-refractivity contribution in [2.75, 3.05) is 26.2 Å². The van der Waals surface area contributed by atoms with Gasteiger partial charge >= 0.3 is 5.97 Å². The summed E-state index contributed by atoms with van der Waals surface area (Å²) < 4.78 is 17.4. The molecule has 5 heteroatoms. The van der Waals surface area contributed by atoms with E-state index in [0.717, 1.165) is 30.2 Å². The molecule has 0 bridgehead atoms. The highest BCUT2D eigenvalue weighted by Crippen LogP contribution is 2.27. The predicted octanol–water partition coefficient (Wildman–Crippen LogP) is 5.20. The van der Waals surface area contributed by atoms with Crippen molar-refractivity contribution in [1.82, 2.24) is 4.90 Å². The van der Waals surface area contributed by atoms with Gasteiger partial charge in [0.1, 0.15) is 17.1 Å². The minimum absolute atomic E-state index is 0.00643. The number of benzene rings is 2. The largest absolute Gasteiger partial charge is 0.460 e. The summed E-state index contributed by atoms with van der Waals surface area (Å²) in [4.78, 5) is 14.2. The molecule has 0 spiro atoms. The van der Waals surface area contributed by atoms with Crippen LogP contribution in [-0.4, -0.2) is 42.7 Å². The number of rotatable bonds is 6. The number of hydrogen-bond acceptors (Lipinski definition) is 5. The zero-order valence-electron chi connectivity index (χ0n) is 18.7. The smallest absolute Gasteiger partial charge is 0.307 e. The minimum atomic E-state index is -0.439. The Hall–Kier alpha value is -2.37. The number of ether oxygens (including phenoxy) is 3. The Labute approximate surface area is 179 Å². The van der Waals surface area contributed by atoms with Gasteiger partial charge in [0, 0.05) is 19.6 Å². The van der Waals surface area contributed by atoms with E-state index in [9.17, 15) is 4.79 Å². The molecule has 1 aliphatic heterocycles. The summed E-state index contributed by atoms with van der Waals surface area (Å²) in [6.07, 6.45) is 0.389. The molecule has 0 N–H and O–H groups in total. The SMILES string of the molecule is Cc1ccc(Oc2ccc(C3CN(CCC(=O)OC(C)(C)C)CCO3)cc2)cc1C. The molecule has 0 saturated carbocycles. The van der Waals surface area contributed by atoms with E-state index >= 15 is 0 Å². The molecule has 1 atom stereocenters. The molecule has 1 unspecified atom stereocenters. The summed E-state index contributed by atoms with van der Waals surface area (Å²) in [7, 11) is 0. The Morgan fingerprint density at radius 3 is 2.43 bits per heavy atom. The van der Waals surface area contributed by atoms with Gasteiger partial charge in [-0.1, -0.05) is 18.2 Å². The maximum absolute atomic E-state index is 12.0. The maximum Gasteiger partial charge on any atom is 0.307 e. The lowest BCUT2D eigenvalue weighted by Crippen LogP contribution is -2.39. The third-order valence-electron chi connectivity index (χ3n) is 5.17. The second-order valence-electron chi connectivity index (χ2n) is 8.91. The lowest BCUT2D eigenvalue weighted by Gasteiger charge is -2.33. The molecule has 2 aromatic rings. The van der Waals surface area contributed by atoms with Gasteiger partial charge in [-0.05, 0) is 75.6 Å². The first-order valence-corrected chi connectivity index (χ1v) is 10.6. The van der Waals surface area contributed by atoms with Gasteiger partial charge in [0.25, 0.3) is 0 Å². The maximum atomic E-state index is 12.0. The summed E-state index contributed by atoms with van der Waals surface area (Å²) in [5.74, 6) is 1.49. The van der Waals surface area contributed by atoms with Crippen LogP contribution >= 0.6 is 0 Å². The Kier molecular flexibility index (Phi) is 7.16. The molecule has 1 aliphatic rings. The van der Waals surface area contributed by atoms with E-state index in [-0.39, 0.29) is 12.1 Å². The Morgan fingerprint density at radius 2 is 1.77 bits per heavy atom. The van der Waals surface area contributed by atoms with Crippen LogP contribution in [0.15, 0.2) is 42.5 Å². The van der Waals surface area contributed by atoms with Crippen LogP contribution in [0, 0.1) is 13.8 Å². The summed E-state index contributed by atoms with van der Waals surface area (Å²) in [6, 6.07) is 14.2. The van der Waals surface area contributed by atoms with Crippen LogP contribution in [0.1, 0.15) is 50.0 Å².